The lowest BCUT2D eigenvalue weighted by molar-refractivity contribution is -0.189. The maximum atomic E-state index is 12.5. The summed E-state index contributed by atoms with van der Waals surface area (Å²) < 4.78 is 47.0. The maximum Gasteiger partial charge on any atom is 0.491 e. The second kappa shape index (κ2) is 8.19. The summed E-state index contributed by atoms with van der Waals surface area (Å²) in [7, 11) is 0. The minimum absolute atomic E-state index is 0.140. The van der Waals surface area contributed by atoms with Crippen LogP contribution in [-0.4, -0.2) is 43.8 Å². The van der Waals surface area contributed by atoms with E-state index in [0.29, 0.717) is 6.54 Å². The molecule has 0 radical (unpaired) electrons. The van der Waals surface area contributed by atoms with Crippen LogP contribution in [0.2, 0.25) is 0 Å². The van der Waals surface area contributed by atoms with Gasteiger partial charge < -0.3 is 20.1 Å². The molecule has 138 valence electrons. The molecular weight excluding hydrogens is 341 g/mol. The molecule has 1 aromatic carbocycles. The summed E-state index contributed by atoms with van der Waals surface area (Å²) in [6.45, 7) is 3.38. The van der Waals surface area contributed by atoms with Crippen molar-refractivity contribution in [1.82, 2.24) is 10.6 Å². The zero-order valence-electron chi connectivity index (χ0n) is 13.6. The Morgan fingerprint density at radius 1 is 1.36 bits per heavy atom. The van der Waals surface area contributed by atoms with E-state index in [1.54, 1.807) is 6.92 Å². The van der Waals surface area contributed by atoms with Gasteiger partial charge >= 0.3 is 12.1 Å². The van der Waals surface area contributed by atoms with E-state index in [9.17, 15) is 22.8 Å². The first-order valence-corrected chi connectivity index (χ1v) is 7.88. The number of carbonyl (C=O) groups excluding carboxylic acids is 2. The van der Waals surface area contributed by atoms with Crippen molar-refractivity contribution < 1.29 is 32.2 Å². The van der Waals surface area contributed by atoms with E-state index >= 15 is 0 Å². The van der Waals surface area contributed by atoms with Crippen LogP contribution < -0.4 is 20.1 Å². The number of esters is 1. The molecule has 1 unspecified atom stereocenters. The van der Waals surface area contributed by atoms with E-state index in [4.69, 9.17) is 4.74 Å². The fraction of sp³-hybridized carbons (Fsp3) is 0.500. The molecule has 0 spiro atoms. The SMILES string of the molecule is CCOc1ccc(C(=O)NC2CCCNC2)c(OC(=O)C(F)(F)F)c1. The Morgan fingerprint density at radius 2 is 2.12 bits per heavy atom. The van der Waals surface area contributed by atoms with Crippen LogP contribution in [0.1, 0.15) is 30.1 Å². The number of hydrogen-bond donors (Lipinski definition) is 2. The van der Waals surface area contributed by atoms with Crippen molar-refractivity contribution in [1.29, 1.82) is 0 Å². The van der Waals surface area contributed by atoms with Crippen molar-refractivity contribution in [2.75, 3.05) is 19.7 Å². The molecule has 2 N–H and O–H groups in total. The largest absolute Gasteiger partial charge is 0.494 e. The Hall–Kier alpha value is -2.29. The molecule has 1 aromatic rings. The molecule has 1 amide bonds. The zero-order valence-corrected chi connectivity index (χ0v) is 13.6. The Morgan fingerprint density at radius 3 is 2.72 bits per heavy atom. The average molecular weight is 360 g/mol. The highest BCUT2D eigenvalue weighted by molar-refractivity contribution is 5.98. The standard InChI is InChI=1S/C16H19F3N2O4/c1-2-24-11-5-6-12(13(8-11)25-15(23)16(17,18)19)14(22)21-10-4-3-7-20-9-10/h5-6,8,10,20H,2-4,7,9H2,1H3,(H,21,22). The first-order valence-electron chi connectivity index (χ1n) is 7.88. The van der Waals surface area contributed by atoms with Gasteiger partial charge in [-0.05, 0) is 38.4 Å². The van der Waals surface area contributed by atoms with Gasteiger partial charge in [-0.15, -0.1) is 0 Å². The molecule has 9 heteroatoms. The molecule has 0 bridgehead atoms. The number of hydrogen-bond acceptors (Lipinski definition) is 5. The van der Waals surface area contributed by atoms with Gasteiger partial charge in [0.15, 0.2) is 0 Å². The van der Waals surface area contributed by atoms with E-state index in [2.05, 4.69) is 15.4 Å². The Kier molecular flexibility index (Phi) is 6.24. The topological polar surface area (TPSA) is 76.7 Å². The molecule has 0 aliphatic carbocycles. The van der Waals surface area contributed by atoms with Gasteiger partial charge in [-0.2, -0.15) is 13.2 Å². The van der Waals surface area contributed by atoms with Crippen LogP contribution in [0, 0.1) is 0 Å². The number of alkyl halides is 3. The summed E-state index contributed by atoms with van der Waals surface area (Å²) >= 11 is 0. The summed E-state index contributed by atoms with van der Waals surface area (Å²) in [5.74, 6) is -3.30. The zero-order chi connectivity index (χ0) is 18.4. The monoisotopic (exact) mass is 360 g/mol. The van der Waals surface area contributed by atoms with Crippen molar-refractivity contribution in [3.63, 3.8) is 0 Å². The molecule has 0 saturated carbocycles. The van der Waals surface area contributed by atoms with Gasteiger partial charge in [0.1, 0.15) is 11.5 Å². The molecule has 1 atom stereocenters. The second-order valence-corrected chi connectivity index (χ2v) is 5.49. The maximum absolute atomic E-state index is 12.5. The van der Waals surface area contributed by atoms with E-state index in [1.165, 1.54) is 12.1 Å². The average Bonchev–Trinajstić information content (AvgIpc) is 2.55. The van der Waals surface area contributed by atoms with Crippen LogP contribution in [0.3, 0.4) is 0 Å². The fourth-order valence-corrected chi connectivity index (χ4v) is 2.43. The predicted molar refractivity (Wildman–Crippen MR) is 82.7 cm³/mol. The van der Waals surface area contributed by atoms with Crippen molar-refractivity contribution in [2.45, 2.75) is 32.0 Å². The normalized spacial score (nSPS) is 17.7. The molecule has 1 saturated heterocycles. The summed E-state index contributed by atoms with van der Waals surface area (Å²) in [5.41, 5.74) is -0.161. The molecule has 1 heterocycles. The van der Waals surface area contributed by atoms with Gasteiger partial charge in [-0.3, -0.25) is 4.79 Å². The van der Waals surface area contributed by atoms with Crippen molar-refractivity contribution >= 4 is 11.9 Å². The third kappa shape index (κ3) is 5.35. The van der Waals surface area contributed by atoms with Crippen LogP contribution >= 0.6 is 0 Å². The lowest BCUT2D eigenvalue weighted by atomic mass is 10.1. The summed E-state index contributed by atoms with van der Waals surface area (Å²) in [4.78, 5) is 23.5. The molecule has 2 rings (SSSR count). The lowest BCUT2D eigenvalue weighted by Gasteiger charge is -2.24. The minimum atomic E-state index is -5.16. The van der Waals surface area contributed by atoms with E-state index in [1.807, 2.05) is 0 Å². The van der Waals surface area contributed by atoms with Crippen LogP contribution in [0.4, 0.5) is 13.2 Å². The Labute approximate surface area is 142 Å². The van der Waals surface area contributed by atoms with Crippen molar-refractivity contribution in [3.8, 4) is 11.5 Å². The number of nitrogens with one attached hydrogen (secondary N) is 2. The molecule has 1 aliphatic rings. The lowest BCUT2D eigenvalue weighted by Crippen LogP contribution is -2.45. The number of rotatable bonds is 5. The van der Waals surface area contributed by atoms with Crippen molar-refractivity contribution in [2.24, 2.45) is 0 Å². The minimum Gasteiger partial charge on any atom is -0.494 e. The van der Waals surface area contributed by atoms with E-state index < -0.39 is 23.8 Å². The van der Waals surface area contributed by atoms with Crippen LogP contribution in [0.25, 0.3) is 0 Å². The molecule has 1 aliphatic heterocycles. The highest BCUT2D eigenvalue weighted by Gasteiger charge is 2.42. The van der Waals surface area contributed by atoms with Gasteiger partial charge in [0.05, 0.1) is 12.2 Å². The Balaban J connectivity index is 2.22. The number of carbonyl (C=O) groups is 2. The molecule has 6 nitrogen and oxygen atoms in total. The summed E-state index contributed by atoms with van der Waals surface area (Å²) in [6, 6.07) is 3.66. The van der Waals surface area contributed by atoms with E-state index in [0.717, 1.165) is 25.5 Å². The van der Waals surface area contributed by atoms with Crippen molar-refractivity contribution in [3.05, 3.63) is 23.8 Å². The summed E-state index contributed by atoms with van der Waals surface area (Å²) in [6.07, 6.45) is -3.53. The van der Waals surface area contributed by atoms with Gasteiger partial charge in [0.25, 0.3) is 5.91 Å². The number of benzene rings is 1. The predicted octanol–water partition coefficient (Wildman–Crippen LogP) is 2.03. The fourth-order valence-electron chi connectivity index (χ4n) is 2.43. The second-order valence-electron chi connectivity index (χ2n) is 5.49. The number of piperidine rings is 1. The molecular formula is C16H19F3N2O4. The smallest absolute Gasteiger partial charge is 0.491 e. The third-order valence-electron chi connectivity index (χ3n) is 3.57. The first-order chi connectivity index (χ1) is 11.8. The first kappa shape index (κ1) is 19.0. The van der Waals surface area contributed by atoms with Gasteiger partial charge in [-0.25, -0.2) is 4.79 Å². The molecule has 1 fully saturated rings. The van der Waals surface area contributed by atoms with Gasteiger partial charge in [-0.1, -0.05) is 0 Å². The molecule has 25 heavy (non-hydrogen) atoms. The summed E-state index contributed by atoms with van der Waals surface area (Å²) in [5, 5.41) is 5.84. The highest BCUT2D eigenvalue weighted by Crippen LogP contribution is 2.28. The highest BCUT2D eigenvalue weighted by atomic mass is 19.4. The van der Waals surface area contributed by atoms with Gasteiger partial charge in [0, 0.05) is 18.7 Å². The van der Waals surface area contributed by atoms with Crippen LogP contribution in [0.5, 0.6) is 11.5 Å². The van der Waals surface area contributed by atoms with Crippen LogP contribution in [0.15, 0.2) is 18.2 Å². The van der Waals surface area contributed by atoms with E-state index in [-0.39, 0.29) is 24.0 Å². The quantitative estimate of drug-likeness (QED) is 0.621. The number of amides is 1. The Bertz CT molecular complexity index is 628. The molecule has 0 aromatic heterocycles. The number of halogens is 3. The number of ether oxygens (including phenoxy) is 2. The third-order valence-corrected chi connectivity index (χ3v) is 3.57. The van der Waals surface area contributed by atoms with Crippen LogP contribution in [-0.2, 0) is 4.79 Å². The van der Waals surface area contributed by atoms with Gasteiger partial charge in [0.2, 0.25) is 0 Å².